The molecule has 0 radical (unpaired) electrons. The number of benzene rings is 2. The molecule has 0 bridgehead atoms. The van der Waals surface area contributed by atoms with Crippen LogP contribution in [-0.4, -0.2) is 12.9 Å². The van der Waals surface area contributed by atoms with Crippen LogP contribution in [0.25, 0.3) is 0 Å². The minimum Gasteiger partial charge on any atom is -0.497 e. The molecule has 0 spiro atoms. The zero-order valence-electron chi connectivity index (χ0n) is 12.0. The van der Waals surface area contributed by atoms with Gasteiger partial charge in [0.05, 0.1) is 7.11 Å². The Morgan fingerprint density at radius 3 is 2.70 bits per heavy atom. The summed E-state index contributed by atoms with van der Waals surface area (Å²) in [5, 5.41) is 0. The Morgan fingerprint density at radius 1 is 1.15 bits per heavy atom. The molecule has 1 atom stereocenters. The fraction of sp³-hybridized carbons (Fsp3) is 0.294. The molecule has 0 fully saturated rings. The third-order valence-corrected chi connectivity index (χ3v) is 4.45. The van der Waals surface area contributed by atoms with Gasteiger partial charge in [0.25, 0.3) is 0 Å². The van der Waals surface area contributed by atoms with Crippen molar-refractivity contribution in [1.29, 1.82) is 0 Å². The van der Waals surface area contributed by atoms with Gasteiger partial charge in [0, 0.05) is 17.5 Å². The molecule has 1 unspecified atom stereocenters. The zero-order chi connectivity index (χ0) is 14.4. The van der Waals surface area contributed by atoms with Crippen molar-refractivity contribution >= 4 is 11.8 Å². The second-order valence-electron chi connectivity index (χ2n) is 4.82. The monoisotopic (exact) mass is 287 g/mol. The fourth-order valence-corrected chi connectivity index (χ4v) is 3.14. The van der Waals surface area contributed by atoms with Crippen molar-refractivity contribution in [2.75, 3.05) is 12.9 Å². The van der Waals surface area contributed by atoms with E-state index in [9.17, 15) is 0 Å². The summed E-state index contributed by atoms with van der Waals surface area (Å²) in [7, 11) is 1.68. The van der Waals surface area contributed by atoms with E-state index in [1.165, 1.54) is 11.1 Å². The molecule has 106 valence electrons. The van der Waals surface area contributed by atoms with Gasteiger partial charge < -0.3 is 10.5 Å². The minimum absolute atomic E-state index is 0.0409. The van der Waals surface area contributed by atoms with Gasteiger partial charge in [0.1, 0.15) is 5.75 Å². The smallest absolute Gasteiger partial charge is 0.119 e. The molecule has 2 aromatic rings. The van der Waals surface area contributed by atoms with Crippen molar-refractivity contribution in [3.05, 3.63) is 65.2 Å². The maximum Gasteiger partial charge on any atom is 0.119 e. The molecule has 2 rings (SSSR count). The second-order valence-corrected chi connectivity index (χ2v) is 5.85. The summed E-state index contributed by atoms with van der Waals surface area (Å²) in [5.41, 5.74) is 10.1. The van der Waals surface area contributed by atoms with Gasteiger partial charge in [-0.2, -0.15) is 11.8 Å². The number of methoxy groups -OCH3 is 1. The van der Waals surface area contributed by atoms with E-state index in [1.807, 2.05) is 30.0 Å². The van der Waals surface area contributed by atoms with Gasteiger partial charge in [0.2, 0.25) is 0 Å². The Morgan fingerprint density at radius 2 is 1.95 bits per heavy atom. The Hall–Kier alpha value is -1.45. The summed E-state index contributed by atoms with van der Waals surface area (Å²) < 4.78 is 5.23. The van der Waals surface area contributed by atoms with Crippen molar-refractivity contribution in [2.45, 2.75) is 18.7 Å². The summed E-state index contributed by atoms with van der Waals surface area (Å²) in [6.07, 6.45) is 0. The van der Waals surface area contributed by atoms with Gasteiger partial charge in [0.15, 0.2) is 0 Å². The highest BCUT2D eigenvalue weighted by Crippen LogP contribution is 2.23. The number of ether oxygens (including phenoxy) is 1. The lowest BCUT2D eigenvalue weighted by atomic mass is 10.1. The summed E-state index contributed by atoms with van der Waals surface area (Å²) >= 11 is 1.87. The van der Waals surface area contributed by atoms with Crippen molar-refractivity contribution in [2.24, 2.45) is 5.73 Å². The van der Waals surface area contributed by atoms with Crippen LogP contribution in [0.2, 0.25) is 0 Å². The third-order valence-electron chi connectivity index (χ3n) is 3.34. The highest BCUT2D eigenvalue weighted by Gasteiger charge is 2.07. The normalized spacial score (nSPS) is 12.2. The van der Waals surface area contributed by atoms with Crippen molar-refractivity contribution in [1.82, 2.24) is 0 Å². The van der Waals surface area contributed by atoms with Gasteiger partial charge in [-0.05, 0) is 35.7 Å². The molecule has 0 heterocycles. The number of hydrogen-bond acceptors (Lipinski definition) is 3. The highest BCUT2D eigenvalue weighted by molar-refractivity contribution is 7.98. The molecule has 2 nitrogen and oxygen atoms in total. The van der Waals surface area contributed by atoms with Crippen LogP contribution in [-0.2, 0) is 5.75 Å². The first-order chi connectivity index (χ1) is 9.70. The van der Waals surface area contributed by atoms with E-state index >= 15 is 0 Å². The van der Waals surface area contributed by atoms with Gasteiger partial charge in [-0.25, -0.2) is 0 Å². The molecule has 0 amide bonds. The quantitative estimate of drug-likeness (QED) is 0.874. The number of nitrogens with two attached hydrogens (primary N) is 1. The van der Waals surface area contributed by atoms with Gasteiger partial charge >= 0.3 is 0 Å². The van der Waals surface area contributed by atoms with E-state index < -0.39 is 0 Å². The Kier molecular flexibility index (Phi) is 5.50. The lowest BCUT2D eigenvalue weighted by Gasteiger charge is -2.13. The molecule has 2 N–H and O–H groups in total. The van der Waals surface area contributed by atoms with Crippen LogP contribution in [0, 0.1) is 6.92 Å². The van der Waals surface area contributed by atoms with Crippen LogP contribution in [0.5, 0.6) is 5.75 Å². The SMILES string of the molecule is COc1cccc(C(N)CSCc2ccccc2C)c1. The summed E-state index contributed by atoms with van der Waals surface area (Å²) in [6.45, 7) is 2.15. The molecular weight excluding hydrogens is 266 g/mol. The van der Waals surface area contributed by atoms with E-state index in [4.69, 9.17) is 10.5 Å². The average Bonchev–Trinajstić information content (AvgIpc) is 2.49. The highest BCUT2D eigenvalue weighted by atomic mass is 32.2. The predicted octanol–water partition coefficient (Wildman–Crippen LogP) is 3.94. The van der Waals surface area contributed by atoms with Crippen LogP contribution < -0.4 is 10.5 Å². The molecule has 2 aromatic carbocycles. The van der Waals surface area contributed by atoms with E-state index in [1.54, 1.807) is 7.11 Å². The van der Waals surface area contributed by atoms with Crippen LogP contribution in [0.15, 0.2) is 48.5 Å². The average molecular weight is 287 g/mol. The first kappa shape index (κ1) is 14.9. The van der Waals surface area contributed by atoms with Gasteiger partial charge in [-0.3, -0.25) is 0 Å². The van der Waals surface area contributed by atoms with Crippen LogP contribution in [0.4, 0.5) is 0 Å². The number of rotatable bonds is 6. The van der Waals surface area contributed by atoms with Crippen LogP contribution in [0.3, 0.4) is 0 Å². The molecule has 0 saturated carbocycles. The standard InChI is InChI=1S/C17H21NOS/c1-13-6-3-4-7-15(13)11-20-12-17(18)14-8-5-9-16(10-14)19-2/h3-10,17H,11-12,18H2,1-2H3. The fourth-order valence-electron chi connectivity index (χ4n) is 2.04. The van der Waals surface area contributed by atoms with Crippen molar-refractivity contribution in [3.8, 4) is 5.75 Å². The van der Waals surface area contributed by atoms with Crippen LogP contribution in [0.1, 0.15) is 22.7 Å². The van der Waals surface area contributed by atoms with E-state index in [-0.39, 0.29) is 6.04 Å². The number of thioether (sulfide) groups is 1. The summed E-state index contributed by atoms with van der Waals surface area (Å²) in [6, 6.07) is 16.5. The molecule has 0 aliphatic carbocycles. The predicted molar refractivity (Wildman–Crippen MR) is 87.3 cm³/mol. The van der Waals surface area contributed by atoms with Crippen molar-refractivity contribution < 1.29 is 4.74 Å². The maximum absolute atomic E-state index is 6.24. The molecule has 0 aliphatic rings. The molecular formula is C17H21NOS. The van der Waals surface area contributed by atoms with Crippen LogP contribution >= 0.6 is 11.8 Å². The molecule has 0 aliphatic heterocycles. The number of aryl methyl sites for hydroxylation is 1. The Bertz CT molecular complexity index is 556. The lowest BCUT2D eigenvalue weighted by molar-refractivity contribution is 0.414. The third kappa shape index (κ3) is 4.02. The zero-order valence-corrected chi connectivity index (χ0v) is 12.8. The molecule has 0 aromatic heterocycles. The second kappa shape index (κ2) is 7.36. The first-order valence-corrected chi connectivity index (χ1v) is 7.88. The van der Waals surface area contributed by atoms with Crippen molar-refractivity contribution in [3.63, 3.8) is 0 Å². The van der Waals surface area contributed by atoms with Gasteiger partial charge in [-0.1, -0.05) is 36.4 Å². The van der Waals surface area contributed by atoms with Gasteiger partial charge in [-0.15, -0.1) is 0 Å². The maximum atomic E-state index is 6.24. The van der Waals surface area contributed by atoms with E-state index in [0.717, 1.165) is 22.8 Å². The molecule has 20 heavy (non-hydrogen) atoms. The Labute approximate surface area is 125 Å². The summed E-state index contributed by atoms with van der Waals surface area (Å²) in [5.74, 6) is 2.77. The van der Waals surface area contributed by atoms with E-state index in [0.29, 0.717) is 0 Å². The lowest BCUT2D eigenvalue weighted by Crippen LogP contribution is -2.13. The molecule has 0 saturated heterocycles. The molecule has 3 heteroatoms. The topological polar surface area (TPSA) is 35.2 Å². The first-order valence-electron chi connectivity index (χ1n) is 6.72. The Balaban J connectivity index is 1.89. The van der Waals surface area contributed by atoms with E-state index in [2.05, 4.69) is 37.3 Å². The number of hydrogen-bond donors (Lipinski definition) is 1. The largest absolute Gasteiger partial charge is 0.497 e. The minimum atomic E-state index is 0.0409. The summed E-state index contributed by atoms with van der Waals surface area (Å²) in [4.78, 5) is 0.